The molecule has 1 aromatic heterocycles. The Bertz CT molecular complexity index is 666. The van der Waals surface area contributed by atoms with E-state index in [1.54, 1.807) is 6.21 Å². The van der Waals surface area contributed by atoms with Gasteiger partial charge in [0.25, 0.3) is 0 Å². The Morgan fingerprint density at radius 3 is 2.64 bits per heavy atom. The molecule has 0 aliphatic rings. The molecule has 2 N–H and O–H groups in total. The van der Waals surface area contributed by atoms with Crippen LogP contribution in [0.1, 0.15) is 23.3 Å². The number of thiophene rings is 1. The van der Waals surface area contributed by atoms with Crippen LogP contribution < -0.4 is 10.7 Å². The standard InChI is InChI=1S/C16H17N3O2S/c1-12-5-2-3-7-14(12)18-15(20)8-9-16(21)19-17-11-13-6-4-10-22-13/h2-7,10-11H,8-9H2,1H3,(H,18,20)(H,19,21). The average molecular weight is 315 g/mol. The molecule has 1 heterocycles. The summed E-state index contributed by atoms with van der Waals surface area (Å²) < 4.78 is 0. The number of hydrogen-bond acceptors (Lipinski definition) is 4. The van der Waals surface area contributed by atoms with E-state index in [-0.39, 0.29) is 24.7 Å². The van der Waals surface area contributed by atoms with Crippen LogP contribution in [-0.4, -0.2) is 18.0 Å². The molecule has 114 valence electrons. The minimum absolute atomic E-state index is 0.0967. The molecule has 0 unspecified atom stereocenters. The van der Waals surface area contributed by atoms with Gasteiger partial charge in [-0.1, -0.05) is 24.3 Å². The molecular weight excluding hydrogens is 298 g/mol. The first-order valence-electron chi connectivity index (χ1n) is 6.86. The van der Waals surface area contributed by atoms with Gasteiger partial charge in [-0.15, -0.1) is 11.3 Å². The molecule has 0 bridgehead atoms. The van der Waals surface area contributed by atoms with E-state index in [1.165, 1.54) is 11.3 Å². The van der Waals surface area contributed by atoms with Crippen molar-refractivity contribution < 1.29 is 9.59 Å². The fraction of sp³-hybridized carbons (Fsp3) is 0.188. The number of nitrogens with one attached hydrogen (secondary N) is 2. The summed E-state index contributed by atoms with van der Waals surface area (Å²) in [5.74, 6) is -0.473. The minimum atomic E-state index is -0.285. The van der Waals surface area contributed by atoms with Crippen LogP contribution in [0.15, 0.2) is 46.9 Å². The smallest absolute Gasteiger partial charge is 0.240 e. The van der Waals surface area contributed by atoms with Gasteiger partial charge in [0, 0.05) is 23.4 Å². The van der Waals surface area contributed by atoms with Crippen LogP contribution in [0.2, 0.25) is 0 Å². The van der Waals surface area contributed by atoms with Gasteiger partial charge < -0.3 is 5.32 Å². The third-order valence-corrected chi connectivity index (χ3v) is 3.73. The van der Waals surface area contributed by atoms with Crippen LogP contribution in [0.4, 0.5) is 5.69 Å². The molecule has 1 aromatic carbocycles. The molecule has 2 amide bonds. The van der Waals surface area contributed by atoms with Gasteiger partial charge in [0.15, 0.2) is 0 Å². The lowest BCUT2D eigenvalue weighted by molar-refractivity contribution is -0.124. The summed E-state index contributed by atoms with van der Waals surface area (Å²) >= 11 is 1.53. The van der Waals surface area contributed by atoms with E-state index in [4.69, 9.17) is 0 Å². The first-order valence-corrected chi connectivity index (χ1v) is 7.74. The van der Waals surface area contributed by atoms with Crippen molar-refractivity contribution >= 4 is 35.1 Å². The predicted octanol–water partition coefficient (Wildman–Crippen LogP) is 2.93. The zero-order valence-electron chi connectivity index (χ0n) is 12.2. The van der Waals surface area contributed by atoms with Gasteiger partial charge >= 0.3 is 0 Å². The fourth-order valence-corrected chi connectivity index (χ4v) is 2.33. The maximum atomic E-state index is 11.8. The highest BCUT2D eigenvalue weighted by Gasteiger charge is 2.07. The summed E-state index contributed by atoms with van der Waals surface area (Å²) in [6.07, 6.45) is 1.80. The third-order valence-electron chi connectivity index (χ3n) is 2.92. The normalized spacial score (nSPS) is 10.6. The number of aryl methyl sites for hydroxylation is 1. The Morgan fingerprint density at radius 2 is 1.91 bits per heavy atom. The summed E-state index contributed by atoms with van der Waals surface area (Å²) in [5, 5.41) is 8.56. The highest BCUT2D eigenvalue weighted by atomic mass is 32.1. The molecule has 0 saturated carbocycles. The SMILES string of the molecule is Cc1ccccc1NC(=O)CCC(=O)NN=Cc1cccs1. The molecule has 6 heteroatoms. The van der Waals surface area contributed by atoms with Gasteiger partial charge in [-0.25, -0.2) is 5.43 Å². The van der Waals surface area contributed by atoms with Gasteiger partial charge in [-0.3, -0.25) is 9.59 Å². The predicted molar refractivity (Wildman–Crippen MR) is 89.1 cm³/mol. The van der Waals surface area contributed by atoms with Gasteiger partial charge in [-0.05, 0) is 30.0 Å². The quantitative estimate of drug-likeness (QED) is 0.635. The maximum Gasteiger partial charge on any atom is 0.240 e. The second-order valence-corrected chi connectivity index (χ2v) is 5.65. The minimum Gasteiger partial charge on any atom is -0.326 e. The van der Waals surface area contributed by atoms with Crippen LogP contribution in [0.25, 0.3) is 0 Å². The zero-order valence-corrected chi connectivity index (χ0v) is 13.0. The lowest BCUT2D eigenvalue weighted by atomic mass is 10.2. The molecule has 0 radical (unpaired) electrons. The van der Waals surface area contributed by atoms with Crippen LogP contribution >= 0.6 is 11.3 Å². The van der Waals surface area contributed by atoms with Crippen molar-refractivity contribution in [1.29, 1.82) is 0 Å². The van der Waals surface area contributed by atoms with Crippen molar-refractivity contribution in [2.24, 2.45) is 5.10 Å². The van der Waals surface area contributed by atoms with Crippen molar-refractivity contribution in [2.45, 2.75) is 19.8 Å². The molecular formula is C16H17N3O2S. The fourth-order valence-electron chi connectivity index (χ4n) is 1.74. The van der Waals surface area contributed by atoms with E-state index in [0.29, 0.717) is 0 Å². The van der Waals surface area contributed by atoms with Gasteiger partial charge in [0.1, 0.15) is 0 Å². The number of amides is 2. The molecule has 22 heavy (non-hydrogen) atoms. The van der Waals surface area contributed by atoms with E-state index in [0.717, 1.165) is 16.1 Å². The van der Waals surface area contributed by atoms with Crippen molar-refractivity contribution in [3.05, 3.63) is 52.2 Å². The topological polar surface area (TPSA) is 70.6 Å². The average Bonchev–Trinajstić information content (AvgIpc) is 3.01. The number of carbonyl (C=O) groups is 2. The number of hydrazone groups is 1. The first kappa shape index (κ1) is 15.9. The summed E-state index contributed by atoms with van der Waals surface area (Å²) in [5.41, 5.74) is 4.16. The molecule has 0 aliphatic heterocycles. The summed E-state index contributed by atoms with van der Waals surface area (Å²) in [4.78, 5) is 24.4. The summed E-state index contributed by atoms with van der Waals surface area (Å²) in [6, 6.07) is 11.3. The second kappa shape index (κ2) is 8.09. The number of hydrogen-bond donors (Lipinski definition) is 2. The number of benzene rings is 1. The summed E-state index contributed by atoms with van der Waals surface area (Å²) in [7, 11) is 0. The van der Waals surface area contributed by atoms with Gasteiger partial charge in [0.2, 0.25) is 11.8 Å². The van der Waals surface area contributed by atoms with E-state index >= 15 is 0 Å². The second-order valence-electron chi connectivity index (χ2n) is 4.67. The van der Waals surface area contributed by atoms with E-state index in [2.05, 4.69) is 15.8 Å². The van der Waals surface area contributed by atoms with Crippen molar-refractivity contribution in [3.8, 4) is 0 Å². The van der Waals surface area contributed by atoms with Crippen molar-refractivity contribution in [1.82, 2.24) is 5.43 Å². The Balaban J connectivity index is 1.72. The lowest BCUT2D eigenvalue weighted by Crippen LogP contribution is -2.20. The first-order chi connectivity index (χ1) is 10.6. The van der Waals surface area contributed by atoms with Crippen LogP contribution in [0.3, 0.4) is 0 Å². The number of carbonyl (C=O) groups excluding carboxylic acids is 2. The lowest BCUT2D eigenvalue weighted by Gasteiger charge is -2.07. The number of anilines is 1. The highest BCUT2D eigenvalue weighted by molar-refractivity contribution is 7.11. The molecule has 2 aromatic rings. The Kier molecular flexibility index (Phi) is 5.85. The van der Waals surface area contributed by atoms with E-state index < -0.39 is 0 Å². The van der Waals surface area contributed by atoms with Crippen LogP contribution in [0, 0.1) is 6.92 Å². The molecule has 0 aliphatic carbocycles. The van der Waals surface area contributed by atoms with E-state index in [1.807, 2.05) is 48.7 Å². The molecule has 0 fully saturated rings. The molecule has 2 rings (SSSR count). The van der Waals surface area contributed by atoms with Gasteiger partial charge in [0.05, 0.1) is 6.21 Å². The monoisotopic (exact) mass is 315 g/mol. The van der Waals surface area contributed by atoms with E-state index in [9.17, 15) is 9.59 Å². The third kappa shape index (κ3) is 5.14. The molecule has 0 spiro atoms. The van der Waals surface area contributed by atoms with Crippen LogP contribution in [-0.2, 0) is 9.59 Å². The zero-order chi connectivity index (χ0) is 15.8. The van der Waals surface area contributed by atoms with Crippen molar-refractivity contribution in [2.75, 3.05) is 5.32 Å². The molecule has 5 nitrogen and oxygen atoms in total. The number of rotatable bonds is 6. The number of para-hydroxylation sites is 1. The Hall–Kier alpha value is -2.47. The largest absolute Gasteiger partial charge is 0.326 e. The van der Waals surface area contributed by atoms with Gasteiger partial charge in [-0.2, -0.15) is 5.10 Å². The summed E-state index contributed by atoms with van der Waals surface area (Å²) in [6.45, 7) is 1.92. The Morgan fingerprint density at radius 1 is 1.14 bits per heavy atom. The highest BCUT2D eigenvalue weighted by Crippen LogP contribution is 2.13. The molecule has 0 atom stereocenters. The number of nitrogens with zero attached hydrogens (tertiary/aromatic N) is 1. The van der Waals surface area contributed by atoms with Crippen molar-refractivity contribution in [3.63, 3.8) is 0 Å². The molecule has 0 saturated heterocycles. The maximum absolute atomic E-state index is 11.8. The Labute approximate surface area is 133 Å². The van der Waals surface area contributed by atoms with Crippen LogP contribution in [0.5, 0.6) is 0 Å².